The van der Waals surface area contributed by atoms with Gasteiger partial charge in [-0.3, -0.25) is 0 Å². The van der Waals surface area contributed by atoms with E-state index in [2.05, 4.69) is 50.3 Å². The molecule has 0 bridgehead atoms. The highest BCUT2D eigenvalue weighted by Gasteiger charge is 2.06. The number of rotatable bonds is 0. The quantitative estimate of drug-likeness (QED) is 0.624. The van der Waals surface area contributed by atoms with E-state index in [0.29, 0.717) is 0 Å². The third-order valence-corrected chi connectivity index (χ3v) is 3.74. The molecule has 0 unspecified atom stereocenters. The Morgan fingerprint density at radius 3 is 2.12 bits per heavy atom. The Labute approximate surface area is 95.9 Å². The molecule has 1 aliphatic rings. The second kappa shape index (κ2) is 3.48. The number of benzene rings is 2. The minimum absolute atomic E-state index is 1.18. The molecule has 0 aliphatic heterocycles. The summed E-state index contributed by atoms with van der Waals surface area (Å²) in [5.74, 6) is 0. The topological polar surface area (TPSA) is 0 Å². The molecule has 0 radical (unpaired) electrons. The van der Waals surface area contributed by atoms with Crippen LogP contribution in [-0.2, 0) is 0 Å². The molecule has 16 heavy (non-hydrogen) atoms. The van der Waals surface area contributed by atoms with Gasteiger partial charge in [0.15, 0.2) is 0 Å². The van der Waals surface area contributed by atoms with Gasteiger partial charge in [0.25, 0.3) is 0 Å². The summed E-state index contributed by atoms with van der Waals surface area (Å²) < 4.78 is 0. The van der Waals surface area contributed by atoms with Gasteiger partial charge in [-0.2, -0.15) is 0 Å². The van der Waals surface area contributed by atoms with Crippen LogP contribution in [0.5, 0.6) is 0 Å². The molecule has 0 N–H and O–H groups in total. The van der Waals surface area contributed by atoms with E-state index < -0.39 is 0 Å². The number of hydrogen-bond acceptors (Lipinski definition) is 0. The van der Waals surface area contributed by atoms with Crippen LogP contribution in [0.15, 0.2) is 24.3 Å². The number of fused-ring (bicyclic) bond motifs is 3. The maximum absolute atomic E-state index is 2.39. The van der Waals surface area contributed by atoms with E-state index >= 15 is 0 Å². The molecule has 0 amide bonds. The van der Waals surface area contributed by atoms with Crippen molar-refractivity contribution in [1.82, 2.24) is 0 Å². The van der Waals surface area contributed by atoms with Gasteiger partial charge in [0.05, 0.1) is 0 Å². The van der Waals surface area contributed by atoms with Crippen molar-refractivity contribution in [2.45, 2.75) is 26.7 Å². The van der Waals surface area contributed by atoms with Crippen LogP contribution < -0.4 is 10.4 Å². The molecular formula is C16H16. The summed E-state index contributed by atoms with van der Waals surface area (Å²) in [5, 5.41) is 5.73. The molecule has 1 aliphatic carbocycles. The van der Waals surface area contributed by atoms with Gasteiger partial charge in [-0.25, -0.2) is 0 Å². The van der Waals surface area contributed by atoms with Gasteiger partial charge in [-0.1, -0.05) is 36.4 Å². The van der Waals surface area contributed by atoms with E-state index in [1.807, 2.05) is 0 Å². The first-order valence-corrected chi connectivity index (χ1v) is 5.97. The van der Waals surface area contributed by atoms with Crippen molar-refractivity contribution in [2.24, 2.45) is 0 Å². The van der Waals surface area contributed by atoms with Gasteiger partial charge in [-0.15, -0.1) is 0 Å². The van der Waals surface area contributed by atoms with E-state index in [1.54, 1.807) is 0 Å². The lowest BCUT2D eigenvalue weighted by molar-refractivity contribution is 1.11. The van der Waals surface area contributed by atoms with E-state index in [0.717, 1.165) is 0 Å². The molecule has 0 fully saturated rings. The smallest absolute Gasteiger partial charge is 0.0106 e. The van der Waals surface area contributed by atoms with E-state index in [1.165, 1.54) is 45.2 Å². The summed E-state index contributed by atoms with van der Waals surface area (Å²) in [7, 11) is 0. The largest absolute Gasteiger partial charge is 0.0761 e. The van der Waals surface area contributed by atoms with Gasteiger partial charge < -0.3 is 0 Å². The summed E-state index contributed by atoms with van der Waals surface area (Å²) in [6.45, 7) is 4.48. The van der Waals surface area contributed by atoms with Gasteiger partial charge in [-0.05, 0) is 59.0 Å². The summed E-state index contributed by atoms with van der Waals surface area (Å²) in [5.41, 5.74) is 2.88. The summed E-state index contributed by atoms with van der Waals surface area (Å²) in [6, 6.07) is 8.75. The minimum Gasteiger partial charge on any atom is -0.0761 e. The molecule has 0 nitrogen and oxygen atoms in total. The lowest BCUT2D eigenvalue weighted by atomic mass is 9.93. The molecule has 0 heterocycles. The van der Waals surface area contributed by atoms with Crippen molar-refractivity contribution < 1.29 is 0 Å². The Balaban J connectivity index is 2.68. The maximum atomic E-state index is 2.39. The molecule has 0 saturated carbocycles. The highest BCUT2D eigenvalue weighted by atomic mass is 14.1. The fourth-order valence-electron chi connectivity index (χ4n) is 2.73. The van der Waals surface area contributed by atoms with Crippen LogP contribution in [0.3, 0.4) is 0 Å². The summed E-state index contributed by atoms with van der Waals surface area (Å²) in [6.07, 6.45) is 7.15. The molecule has 0 aromatic heterocycles. The molecule has 0 atom stereocenters. The van der Waals surface area contributed by atoms with Gasteiger partial charge in [0, 0.05) is 0 Å². The average Bonchev–Trinajstić information content (AvgIpc) is 2.36. The maximum Gasteiger partial charge on any atom is -0.0106 e. The highest BCUT2D eigenvalue weighted by molar-refractivity contribution is 5.88. The van der Waals surface area contributed by atoms with Crippen molar-refractivity contribution >= 4 is 22.9 Å². The zero-order valence-corrected chi connectivity index (χ0v) is 9.88. The van der Waals surface area contributed by atoms with Crippen LogP contribution in [0, 0.1) is 13.8 Å². The van der Waals surface area contributed by atoms with Gasteiger partial charge >= 0.3 is 0 Å². The average molecular weight is 208 g/mol. The van der Waals surface area contributed by atoms with Crippen LogP contribution in [0.25, 0.3) is 22.9 Å². The third-order valence-electron chi connectivity index (χ3n) is 3.74. The zero-order chi connectivity index (χ0) is 11.1. The highest BCUT2D eigenvalue weighted by Crippen LogP contribution is 2.16. The monoisotopic (exact) mass is 208 g/mol. The fraction of sp³-hybridized carbons (Fsp3) is 0.250. The Kier molecular flexibility index (Phi) is 2.10. The van der Waals surface area contributed by atoms with Crippen molar-refractivity contribution in [2.75, 3.05) is 0 Å². The molecule has 80 valence electrons. The van der Waals surface area contributed by atoms with E-state index in [9.17, 15) is 0 Å². The Bertz CT molecular complexity index is 675. The van der Waals surface area contributed by atoms with Crippen molar-refractivity contribution in [3.8, 4) is 0 Å². The first-order valence-electron chi connectivity index (χ1n) is 5.97. The number of hydrogen-bond donors (Lipinski definition) is 0. The lowest BCUT2D eigenvalue weighted by Gasteiger charge is -2.11. The predicted octanol–water partition coefficient (Wildman–Crippen LogP) is 2.81. The normalized spacial score (nSPS) is 14.1. The van der Waals surface area contributed by atoms with Crippen LogP contribution in [0.4, 0.5) is 0 Å². The molecule has 2 aromatic rings. The lowest BCUT2D eigenvalue weighted by Crippen LogP contribution is -2.31. The minimum atomic E-state index is 1.18. The first-order chi connectivity index (χ1) is 7.79. The molecule has 3 rings (SSSR count). The van der Waals surface area contributed by atoms with Crippen molar-refractivity contribution in [1.29, 1.82) is 0 Å². The second-order valence-corrected chi connectivity index (χ2v) is 4.61. The van der Waals surface area contributed by atoms with Gasteiger partial charge in [0.2, 0.25) is 0 Å². The molecular weight excluding hydrogens is 192 g/mol. The second-order valence-electron chi connectivity index (χ2n) is 4.61. The van der Waals surface area contributed by atoms with Crippen LogP contribution >= 0.6 is 0 Å². The molecule has 0 spiro atoms. The van der Waals surface area contributed by atoms with Gasteiger partial charge in [0.1, 0.15) is 0 Å². The van der Waals surface area contributed by atoms with E-state index in [-0.39, 0.29) is 0 Å². The first kappa shape index (κ1) is 9.65. The van der Waals surface area contributed by atoms with E-state index in [4.69, 9.17) is 0 Å². The third kappa shape index (κ3) is 1.23. The zero-order valence-electron chi connectivity index (χ0n) is 9.88. The van der Waals surface area contributed by atoms with Crippen LogP contribution in [-0.4, -0.2) is 0 Å². The summed E-state index contributed by atoms with van der Waals surface area (Å²) in [4.78, 5) is 0. The SMILES string of the molecule is Cc1c(C)c2ccccc2c2c1=CCCC=2. The summed E-state index contributed by atoms with van der Waals surface area (Å²) >= 11 is 0. The van der Waals surface area contributed by atoms with Crippen molar-refractivity contribution in [3.63, 3.8) is 0 Å². The molecule has 0 heteroatoms. The standard InChI is InChI=1S/C16H16/c1-11-12(2)14-8-4-6-10-16(14)15-9-5-3-7-13(11)15/h3,5,7-10H,4,6H2,1-2H3. The van der Waals surface area contributed by atoms with Crippen LogP contribution in [0.1, 0.15) is 24.0 Å². The molecule has 2 aromatic carbocycles. The van der Waals surface area contributed by atoms with Crippen LogP contribution in [0.2, 0.25) is 0 Å². The fourth-order valence-corrected chi connectivity index (χ4v) is 2.73. The predicted molar refractivity (Wildman–Crippen MR) is 70.8 cm³/mol. The van der Waals surface area contributed by atoms with Crippen molar-refractivity contribution in [3.05, 3.63) is 45.8 Å². The molecule has 0 saturated heterocycles. The Hall–Kier alpha value is -1.56. The Morgan fingerprint density at radius 2 is 1.38 bits per heavy atom. The number of aryl methyl sites for hydroxylation is 1. The Morgan fingerprint density at radius 1 is 0.750 bits per heavy atom.